The molecule has 0 atom stereocenters. The van der Waals surface area contributed by atoms with Gasteiger partial charge in [-0.15, -0.1) is 0 Å². The van der Waals surface area contributed by atoms with Gasteiger partial charge in [-0.2, -0.15) is 0 Å². The molecule has 4 rings (SSSR count). The van der Waals surface area contributed by atoms with Crippen LogP contribution < -0.4 is 0 Å². The van der Waals surface area contributed by atoms with E-state index in [-0.39, 0.29) is 0 Å². The minimum absolute atomic E-state index is 1.05. The van der Waals surface area contributed by atoms with E-state index in [0.29, 0.717) is 0 Å². The van der Waals surface area contributed by atoms with E-state index >= 15 is 0 Å². The van der Waals surface area contributed by atoms with Gasteiger partial charge in [-0.3, -0.25) is 4.98 Å². The third-order valence-corrected chi connectivity index (χ3v) is 3.88. The third kappa shape index (κ3) is 1.25. The average Bonchev–Trinajstić information content (AvgIpc) is 2.75. The van der Waals surface area contributed by atoms with Gasteiger partial charge in [0.2, 0.25) is 0 Å². The number of hydrogen-bond acceptors (Lipinski definition) is 1. The van der Waals surface area contributed by atoms with E-state index in [0.717, 1.165) is 12.1 Å². The summed E-state index contributed by atoms with van der Waals surface area (Å²) in [6.45, 7) is 2.08. The first-order chi connectivity index (χ1) is 8.83. The van der Waals surface area contributed by atoms with Crippen molar-refractivity contribution >= 4 is 10.8 Å². The van der Waals surface area contributed by atoms with Gasteiger partial charge in [0.1, 0.15) is 0 Å². The highest BCUT2D eigenvalue weighted by molar-refractivity contribution is 5.92. The molecular formula is C17H13N. The van der Waals surface area contributed by atoms with Crippen molar-refractivity contribution in [3.05, 3.63) is 65.5 Å². The minimum Gasteiger partial charge on any atom is -0.261 e. The Labute approximate surface area is 106 Å². The number of nitrogens with zero attached hydrogens (tertiary/aromatic N) is 1. The monoisotopic (exact) mass is 231 g/mol. The Bertz CT molecular complexity index is 772. The number of hydrogen-bond donors (Lipinski definition) is 0. The van der Waals surface area contributed by atoms with Crippen LogP contribution in [0.1, 0.15) is 16.8 Å². The molecule has 0 saturated heterocycles. The molecule has 2 aromatic carbocycles. The van der Waals surface area contributed by atoms with Crippen molar-refractivity contribution in [2.45, 2.75) is 13.3 Å². The van der Waals surface area contributed by atoms with Crippen molar-refractivity contribution in [3.63, 3.8) is 0 Å². The zero-order valence-electron chi connectivity index (χ0n) is 10.3. The van der Waals surface area contributed by atoms with Crippen LogP contribution in [0.2, 0.25) is 0 Å². The van der Waals surface area contributed by atoms with Crippen molar-refractivity contribution < 1.29 is 0 Å². The third-order valence-electron chi connectivity index (χ3n) is 3.88. The molecule has 1 heteroatoms. The maximum absolute atomic E-state index is 4.38. The van der Waals surface area contributed by atoms with Crippen LogP contribution in [-0.4, -0.2) is 4.98 Å². The number of rotatable bonds is 0. The first-order valence-electron chi connectivity index (χ1n) is 6.29. The van der Waals surface area contributed by atoms with Crippen LogP contribution in [0.15, 0.2) is 48.7 Å². The Morgan fingerprint density at radius 2 is 1.83 bits per heavy atom. The lowest BCUT2D eigenvalue weighted by molar-refractivity contribution is 1.22. The van der Waals surface area contributed by atoms with Crippen LogP contribution in [0.25, 0.3) is 21.9 Å². The van der Waals surface area contributed by atoms with Crippen molar-refractivity contribution in [1.82, 2.24) is 4.98 Å². The van der Waals surface area contributed by atoms with E-state index in [1.807, 2.05) is 6.20 Å². The van der Waals surface area contributed by atoms with Crippen molar-refractivity contribution in [3.8, 4) is 11.1 Å². The Morgan fingerprint density at radius 3 is 2.78 bits per heavy atom. The van der Waals surface area contributed by atoms with Gasteiger partial charge >= 0.3 is 0 Å². The Hall–Kier alpha value is -2.15. The summed E-state index contributed by atoms with van der Waals surface area (Å²) in [7, 11) is 0. The predicted octanol–water partition coefficient (Wildman–Crippen LogP) is 4.11. The van der Waals surface area contributed by atoms with Gasteiger partial charge in [-0.1, -0.05) is 24.3 Å². The van der Waals surface area contributed by atoms with E-state index in [9.17, 15) is 0 Å². The van der Waals surface area contributed by atoms with E-state index in [1.165, 1.54) is 33.0 Å². The number of fused-ring (bicyclic) bond motifs is 4. The summed E-state index contributed by atoms with van der Waals surface area (Å²) in [4.78, 5) is 4.38. The SMILES string of the molecule is Cc1nccc2cc3c(cc12)Cc1ccccc1-3. The fourth-order valence-electron chi connectivity index (χ4n) is 2.95. The zero-order chi connectivity index (χ0) is 12.1. The topological polar surface area (TPSA) is 12.9 Å². The molecule has 1 nitrogen and oxygen atoms in total. The highest BCUT2D eigenvalue weighted by atomic mass is 14.7. The van der Waals surface area contributed by atoms with Crippen LogP contribution in [0.5, 0.6) is 0 Å². The van der Waals surface area contributed by atoms with Gasteiger partial charge in [0.15, 0.2) is 0 Å². The molecule has 0 bridgehead atoms. The summed E-state index contributed by atoms with van der Waals surface area (Å²) in [6.07, 6.45) is 2.95. The molecule has 0 N–H and O–H groups in total. The quantitative estimate of drug-likeness (QED) is 0.443. The molecule has 3 aromatic rings. The largest absolute Gasteiger partial charge is 0.261 e. The molecule has 0 unspecified atom stereocenters. The van der Waals surface area contributed by atoms with Gasteiger partial charge in [0.05, 0.1) is 0 Å². The van der Waals surface area contributed by atoms with E-state index in [4.69, 9.17) is 0 Å². The van der Waals surface area contributed by atoms with Gasteiger partial charge in [-0.05, 0) is 59.2 Å². The summed E-state index contributed by atoms with van der Waals surface area (Å²) >= 11 is 0. The van der Waals surface area contributed by atoms with Crippen LogP contribution in [0, 0.1) is 6.92 Å². The molecule has 1 aromatic heterocycles. The van der Waals surface area contributed by atoms with Gasteiger partial charge in [-0.25, -0.2) is 0 Å². The highest BCUT2D eigenvalue weighted by Gasteiger charge is 2.18. The zero-order valence-corrected chi connectivity index (χ0v) is 10.3. The second kappa shape index (κ2) is 3.42. The fraction of sp³-hybridized carbons (Fsp3) is 0.118. The van der Waals surface area contributed by atoms with E-state index in [1.54, 1.807) is 0 Å². The molecule has 0 spiro atoms. The van der Waals surface area contributed by atoms with Gasteiger partial charge in [0, 0.05) is 17.3 Å². The molecule has 0 saturated carbocycles. The van der Waals surface area contributed by atoms with Crippen molar-refractivity contribution in [2.75, 3.05) is 0 Å². The smallest absolute Gasteiger partial charge is 0.0451 e. The number of aryl methyl sites for hydroxylation is 1. The molecular weight excluding hydrogens is 218 g/mol. The minimum atomic E-state index is 1.05. The Morgan fingerprint density at radius 1 is 0.944 bits per heavy atom. The standard InChI is InChI=1S/C17H13N/c1-11-16-10-14-8-12-4-2-3-5-15(12)17(14)9-13(16)6-7-18-11/h2-7,9-10H,8H2,1H3. The van der Waals surface area contributed by atoms with Crippen molar-refractivity contribution in [2.24, 2.45) is 0 Å². The first-order valence-corrected chi connectivity index (χ1v) is 6.29. The second-order valence-corrected chi connectivity index (χ2v) is 4.96. The Balaban J connectivity index is 2.08. The number of benzene rings is 2. The normalized spacial score (nSPS) is 12.5. The van der Waals surface area contributed by atoms with E-state index in [2.05, 4.69) is 54.4 Å². The molecule has 86 valence electrons. The molecule has 0 amide bonds. The fourth-order valence-corrected chi connectivity index (χ4v) is 2.95. The highest BCUT2D eigenvalue weighted by Crippen LogP contribution is 2.38. The average molecular weight is 231 g/mol. The van der Waals surface area contributed by atoms with Gasteiger partial charge in [0.25, 0.3) is 0 Å². The predicted molar refractivity (Wildman–Crippen MR) is 74.7 cm³/mol. The van der Waals surface area contributed by atoms with Crippen molar-refractivity contribution in [1.29, 1.82) is 0 Å². The summed E-state index contributed by atoms with van der Waals surface area (Å²) in [5.41, 5.74) is 6.77. The summed E-state index contributed by atoms with van der Waals surface area (Å²) < 4.78 is 0. The maximum atomic E-state index is 4.38. The summed E-state index contributed by atoms with van der Waals surface area (Å²) in [5, 5.41) is 2.57. The number of aromatic nitrogens is 1. The lowest BCUT2D eigenvalue weighted by Gasteiger charge is -2.06. The molecule has 1 aliphatic carbocycles. The summed E-state index contributed by atoms with van der Waals surface area (Å²) in [6, 6.07) is 15.4. The molecule has 1 aliphatic rings. The molecule has 0 radical (unpaired) electrons. The van der Waals surface area contributed by atoms with Gasteiger partial charge < -0.3 is 0 Å². The van der Waals surface area contributed by atoms with Crippen LogP contribution >= 0.6 is 0 Å². The Kier molecular flexibility index (Phi) is 1.87. The lowest BCUT2D eigenvalue weighted by atomic mass is 10.0. The second-order valence-electron chi connectivity index (χ2n) is 4.96. The van der Waals surface area contributed by atoms with Crippen LogP contribution in [0.3, 0.4) is 0 Å². The maximum Gasteiger partial charge on any atom is 0.0451 e. The van der Waals surface area contributed by atoms with Crippen LogP contribution in [0.4, 0.5) is 0 Å². The van der Waals surface area contributed by atoms with Crippen LogP contribution in [-0.2, 0) is 6.42 Å². The molecule has 1 heterocycles. The molecule has 0 aliphatic heterocycles. The summed E-state index contributed by atoms with van der Waals surface area (Å²) in [5.74, 6) is 0. The number of pyridine rings is 1. The van der Waals surface area contributed by atoms with E-state index < -0.39 is 0 Å². The first kappa shape index (κ1) is 9.84. The molecule has 0 fully saturated rings. The molecule has 18 heavy (non-hydrogen) atoms. The lowest BCUT2D eigenvalue weighted by Crippen LogP contribution is -1.86.